The van der Waals surface area contributed by atoms with Crippen molar-refractivity contribution in [1.82, 2.24) is 9.80 Å². The molecule has 2 aliphatic rings. The van der Waals surface area contributed by atoms with Crippen molar-refractivity contribution in [3.05, 3.63) is 58.6 Å². The number of nitrogens with zero attached hydrogens (tertiary/aromatic N) is 4. The van der Waals surface area contributed by atoms with E-state index < -0.39 is 11.7 Å². The SMILES string of the molecule is C.CC(CN1CCN(c2ccc(Cl)cc2)CC1)C(=S)N1CCC(Nc2ccc(C#N)c(C(F)(F)F)c2)CC1. The van der Waals surface area contributed by atoms with Crippen LogP contribution in [0.5, 0.6) is 0 Å². The summed E-state index contributed by atoms with van der Waals surface area (Å²) in [6.45, 7) is 8.51. The molecule has 0 amide bonds. The van der Waals surface area contributed by atoms with E-state index in [1.807, 2.05) is 12.1 Å². The number of rotatable bonds is 6. The van der Waals surface area contributed by atoms with Gasteiger partial charge < -0.3 is 15.1 Å². The van der Waals surface area contributed by atoms with Crippen LogP contribution in [0.3, 0.4) is 0 Å². The van der Waals surface area contributed by atoms with Crippen molar-refractivity contribution in [3.63, 3.8) is 0 Å². The van der Waals surface area contributed by atoms with Crippen LogP contribution in [0, 0.1) is 17.2 Å². The van der Waals surface area contributed by atoms with Crippen LogP contribution in [0.4, 0.5) is 24.5 Å². The van der Waals surface area contributed by atoms with Gasteiger partial charge >= 0.3 is 6.18 Å². The summed E-state index contributed by atoms with van der Waals surface area (Å²) in [6, 6.07) is 13.5. The summed E-state index contributed by atoms with van der Waals surface area (Å²) in [7, 11) is 0. The maximum Gasteiger partial charge on any atom is 0.417 e. The first-order valence-electron chi connectivity index (χ1n) is 12.5. The number of piperidine rings is 1. The summed E-state index contributed by atoms with van der Waals surface area (Å²) < 4.78 is 39.8. The van der Waals surface area contributed by atoms with E-state index in [2.05, 4.69) is 39.1 Å². The maximum absolute atomic E-state index is 13.3. The molecular weight excluding hydrogens is 531 g/mol. The lowest BCUT2D eigenvalue weighted by Crippen LogP contribution is -2.50. The highest BCUT2D eigenvalue weighted by Gasteiger charge is 2.34. The molecular formula is C28H35ClF3N5S. The third-order valence-electron chi connectivity index (χ3n) is 7.14. The first-order valence-corrected chi connectivity index (χ1v) is 13.3. The van der Waals surface area contributed by atoms with E-state index in [4.69, 9.17) is 29.1 Å². The molecule has 0 aliphatic carbocycles. The maximum atomic E-state index is 13.3. The Kier molecular flexibility index (Phi) is 10.3. The molecule has 1 atom stereocenters. The number of nitrogens with one attached hydrogen (secondary N) is 1. The number of thiocarbonyl (C=S) groups is 1. The second-order valence-corrected chi connectivity index (χ2v) is 10.6. The van der Waals surface area contributed by atoms with Crippen molar-refractivity contribution in [2.24, 2.45) is 5.92 Å². The van der Waals surface area contributed by atoms with Crippen LogP contribution in [-0.4, -0.2) is 66.6 Å². The predicted octanol–water partition coefficient (Wildman–Crippen LogP) is 6.53. The highest BCUT2D eigenvalue weighted by Crippen LogP contribution is 2.34. The smallest absolute Gasteiger partial charge is 0.382 e. The van der Waals surface area contributed by atoms with Crippen LogP contribution < -0.4 is 10.2 Å². The first-order chi connectivity index (χ1) is 17.6. The lowest BCUT2D eigenvalue weighted by atomic mass is 10.0. The molecule has 38 heavy (non-hydrogen) atoms. The van der Waals surface area contributed by atoms with Crippen molar-refractivity contribution >= 4 is 40.2 Å². The molecule has 0 radical (unpaired) electrons. The molecule has 1 N–H and O–H groups in total. The minimum Gasteiger partial charge on any atom is -0.382 e. The number of nitriles is 1. The molecule has 2 fully saturated rings. The fraction of sp³-hybridized carbons (Fsp3) is 0.500. The van der Waals surface area contributed by atoms with Crippen molar-refractivity contribution in [1.29, 1.82) is 5.26 Å². The highest BCUT2D eigenvalue weighted by molar-refractivity contribution is 7.80. The Morgan fingerprint density at radius 2 is 1.71 bits per heavy atom. The molecule has 2 aromatic carbocycles. The van der Waals surface area contributed by atoms with Gasteiger partial charge in [0.15, 0.2) is 0 Å². The van der Waals surface area contributed by atoms with E-state index in [0.29, 0.717) is 5.69 Å². The third kappa shape index (κ3) is 7.52. The van der Waals surface area contributed by atoms with Crippen LogP contribution in [0.1, 0.15) is 38.3 Å². The Morgan fingerprint density at radius 3 is 2.29 bits per heavy atom. The summed E-state index contributed by atoms with van der Waals surface area (Å²) >= 11 is 11.8. The molecule has 0 saturated carbocycles. The first kappa shape index (κ1) is 30.0. The normalized spacial score (nSPS) is 17.9. The summed E-state index contributed by atoms with van der Waals surface area (Å²) in [6.07, 6.45) is -2.99. The van der Waals surface area contributed by atoms with Crippen molar-refractivity contribution in [2.45, 2.75) is 39.4 Å². The average Bonchev–Trinajstić information content (AvgIpc) is 2.89. The number of piperazine rings is 1. The minimum absolute atomic E-state index is 0. The fourth-order valence-electron chi connectivity index (χ4n) is 5.06. The average molecular weight is 566 g/mol. The van der Waals surface area contributed by atoms with Crippen LogP contribution in [0.15, 0.2) is 42.5 Å². The van der Waals surface area contributed by atoms with Gasteiger partial charge in [0, 0.05) is 74.2 Å². The van der Waals surface area contributed by atoms with Gasteiger partial charge in [0.2, 0.25) is 0 Å². The van der Waals surface area contributed by atoms with Crippen LogP contribution in [0.2, 0.25) is 5.02 Å². The van der Waals surface area contributed by atoms with E-state index in [9.17, 15) is 13.2 Å². The number of benzene rings is 2. The Hall–Kier alpha value is -2.54. The second kappa shape index (κ2) is 13.0. The van der Waals surface area contributed by atoms with E-state index >= 15 is 0 Å². The van der Waals surface area contributed by atoms with Gasteiger partial charge in [0.25, 0.3) is 0 Å². The zero-order chi connectivity index (χ0) is 26.6. The van der Waals surface area contributed by atoms with Crippen LogP contribution >= 0.6 is 23.8 Å². The number of halogens is 4. The molecule has 1 unspecified atom stereocenters. The van der Waals surface area contributed by atoms with Crippen molar-refractivity contribution in [2.75, 3.05) is 56.0 Å². The molecule has 2 saturated heterocycles. The molecule has 2 aliphatic heterocycles. The van der Waals surface area contributed by atoms with Crippen molar-refractivity contribution in [3.8, 4) is 6.07 Å². The quantitative estimate of drug-likeness (QED) is 0.402. The zero-order valence-electron chi connectivity index (χ0n) is 20.8. The molecule has 4 rings (SSSR count). The van der Waals surface area contributed by atoms with E-state index in [-0.39, 0.29) is 24.9 Å². The van der Waals surface area contributed by atoms with E-state index in [1.54, 1.807) is 12.1 Å². The Labute approximate surface area is 234 Å². The number of hydrogen-bond donors (Lipinski definition) is 1. The highest BCUT2D eigenvalue weighted by atomic mass is 35.5. The number of alkyl halides is 3. The van der Waals surface area contributed by atoms with Gasteiger partial charge in [-0.15, -0.1) is 0 Å². The standard InChI is InChI=1S/C27H31ClF3N5S.CH4/c1-19(18-34-12-14-35(15-13-34)24-6-3-21(28)4-7-24)26(37)36-10-8-22(9-11-36)33-23-5-2-20(17-32)25(16-23)27(29,30)31;/h2-7,16,19,22,33H,8-15,18H2,1H3;1H4. The number of anilines is 2. The van der Waals surface area contributed by atoms with Gasteiger partial charge in [0.05, 0.1) is 22.2 Å². The third-order valence-corrected chi connectivity index (χ3v) is 8.05. The number of likely N-dealkylation sites (tertiary alicyclic amines) is 1. The molecule has 2 heterocycles. The molecule has 10 heteroatoms. The molecule has 5 nitrogen and oxygen atoms in total. The van der Waals surface area contributed by atoms with E-state index in [0.717, 1.165) is 74.7 Å². The van der Waals surface area contributed by atoms with Gasteiger partial charge in [-0.2, -0.15) is 18.4 Å². The Morgan fingerprint density at radius 1 is 1.08 bits per heavy atom. The van der Waals surface area contributed by atoms with Gasteiger partial charge in [-0.25, -0.2) is 0 Å². The van der Waals surface area contributed by atoms with Gasteiger partial charge in [-0.05, 0) is 55.3 Å². The van der Waals surface area contributed by atoms with Crippen molar-refractivity contribution < 1.29 is 13.2 Å². The topological polar surface area (TPSA) is 45.5 Å². The lowest BCUT2D eigenvalue weighted by molar-refractivity contribution is -0.137. The zero-order valence-corrected chi connectivity index (χ0v) is 22.3. The Bertz CT molecular complexity index is 1120. The molecule has 0 aromatic heterocycles. The van der Waals surface area contributed by atoms with Gasteiger partial charge in [-0.3, -0.25) is 4.90 Å². The minimum atomic E-state index is -4.56. The number of hydrogen-bond acceptors (Lipinski definition) is 5. The van der Waals surface area contributed by atoms with Crippen LogP contribution in [-0.2, 0) is 6.18 Å². The monoisotopic (exact) mass is 565 g/mol. The van der Waals surface area contributed by atoms with Gasteiger partial charge in [-0.1, -0.05) is 38.2 Å². The lowest BCUT2D eigenvalue weighted by Gasteiger charge is -2.39. The second-order valence-electron chi connectivity index (χ2n) is 9.78. The molecule has 0 spiro atoms. The molecule has 0 bridgehead atoms. The Balaban J connectivity index is 0.00000400. The molecule has 2 aromatic rings. The fourth-order valence-corrected chi connectivity index (χ4v) is 5.45. The van der Waals surface area contributed by atoms with E-state index in [1.165, 1.54) is 11.8 Å². The summed E-state index contributed by atoms with van der Waals surface area (Å²) in [5, 5.41) is 13.0. The summed E-state index contributed by atoms with van der Waals surface area (Å²) in [4.78, 5) is 8.03. The van der Waals surface area contributed by atoms with Crippen LogP contribution in [0.25, 0.3) is 0 Å². The van der Waals surface area contributed by atoms with Gasteiger partial charge in [0.1, 0.15) is 0 Å². The summed E-state index contributed by atoms with van der Waals surface area (Å²) in [5.74, 6) is 0.245. The largest absolute Gasteiger partial charge is 0.417 e. The predicted molar refractivity (Wildman–Crippen MR) is 153 cm³/mol. The molecule has 206 valence electrons. The summed E-state index contributed by atoms with van der Waals surface area (Å²) in [5.41, 5.74) is 0.318.